The molecule has 0 saturated carbocycles. The normalized spacial score (nSPS) is 11.5. The van der Waals surface area contributed by atoms with Crippen LogP contribution in [0.15, 0.2) is 0 Å². The second-order valence-corrected chi connectivity index (χ2v) is 5.85. The summed E-state index contributed by atoms with van der Waals surface area (Å²) in [6, 6.07) is 0. The fraction of sp³-hybridized carbons (Fsp3) is 0.692. The average Bonchev–Trinajstić information content (AvgIpc) is 2.27. The van der Waals surface area contributed by atoms with Crippen LogP contribution in [0.2, 0.25) is 0 Å². The highest BCUT2D eigenvalue weighted by atomic mass is 15.3. The van der Waals surface area contributed by atoms with Gasteiger partial charge in [0, 0.05) is 25.6 Å². The van der Waals surface area contributed by atoms with Crippen LogP contribution in [-0.4, -0.2) is 23.6 Å². The van der Waals surface area contributed by atoms with Crippen LogP contribution in [0, 0.1) is 12.3 Å². The maximum Gasteiger partial charge on any atom is 0.148 e. The number of nitrogens with two attached hydrogens (primary N) is 1. The van der Waals surface area contributed by atoms with Gasteiger partial charge in [-0.2, -0.15) is 0 Å². The highest BCUT2D eigenvalue weighted by Gasteiger charge is 2.18. The first-order valence-electron chi connectivity index (χ1n) is 6.33. The number of nitrogens with zero attached hydrogens (tertiary/aromatic N) is 3. The average molecular weight is 251 g/mol. The summed E-state index contributed by atoms with van der Waals surface area (Å²) in [6.07, 6.45) is 0.797. The molecule has 0 spiro atoms. The third kappa shape index (κ3) is 3.57. The minimum absolute atomic E-state index is 0.217. The molecule has 1 aromatic rings. The fourth-order valence-corrected chi connectivity index (χ4v) is 2.01. The lowest BCUT2D eigenvalue weighted by atomic mass is 9.96. The Morgan fingerprint density at radius 1 is 1.28 bits per heavy atom. The molecular formula is C13H25N5. The van der Waals surface area contributed by atoms with Gasteiger partial charge in [-0.05, 0) is 12.3 Å². The van der Waals surface area contributed by atoms with Gasteiger partial charge in [-0.1, -0.05) is 27.7 Å². The van der Waals surface area contributed by atoms with E-state index in [0.29, 0.717) is 5.82 Å². The summed E-state index contributed by atoms with van der Waals surface area (Å²) >= 11 is 0. The monoisotopic (exact) mass is 251 g/mol. The Hall–Kier alpha value is -1.36. The molecule has 0 fully saturated rings. The molecule has 0 bridgehead atoms. The van der Waals surface area contributed by atoms with Crippen molar-refractivity contribution in [1.29, 1.82) is 0 Å². The second kappa shape index (κ2) is 5.52. The van der Waals surface area contributed by atoms with E-state index < -0.39 is 0 Å². The van der Waals surface area contributed by atoms with Crippen molar-refractivity contribution in [3.8, 4) is 0 Å². The van der Waals surface area contributed by atoms with E-state index in [1.54, 1.807) is 0 Å². The second-order valence-electron chi connectivity index (χ2n) is 5.85. The zero-order valence-electron chi connectivity index (χ0n) is 12.3. The molecule has 0 radical (unpaired) electrons. The standard InChI is InChI=1S/C13H25N5/c1-7-10-15-11(17-14)9(2)12(16-10)18(6)8-13(3,4)5/h7-8,14H2,1-6H3,(H,15,16,17). The van der Waals surface area contributed by atoms with Crippen molar-refractivity contribution in [2.45, 2.75) is 41.0 Å². The quantitative estimate of drug-likeness (QED) is 0.634. The molecule has 18 heavy (non-hydrogen) atoms. The van der Waals surface area contributed by atoms with E-state index in [0.717, 1.165) is 30.2 Å². The molecule has 1 aromatic heterocycles. The molecule has 5 heteroatoms. The van der Waals surface area contributed by atoms with Crippen LogP contribution in [0.4, 0.5) is 11.6 Å². The molecule has 0 aliphatic heterocycles. The van der Waals surface area contributed by atoms with E-state index in [4.69, 9.17) is 5.84 Å². The number of rotatable bonds is 4. The smallest absolute Gasteiger partial charge is 0.148 e. The van der Waals surface area contributed by atoms with Gasteiger partial charge in [-0.25, -0.2) is 15.8 Å². The number of anilines is 2. The van der Waals surface area contributed by atoms with Crippen LogP contribution in [0.25, 0.3) is 0 Å². The van der Waals surface area contributed by atoms with Crippen LogP contribution in [0.1, 0.15) is 39.1 Å². The summed E-state index contributed by atoms with van der Waals surface area (Å²) in [5, 5.41) is 0. The van der Waals surface area contributed by atoms with Crippen molar-refractivity contribution in [2.75, 3.05) is 23.9 Å². The summed E-state index contributed by atoms with van der Waals surface area (Å²) in [5.41, 5.74) is 3.85. The van der Waals surface area contributed by atoms with Crippen LogP contribution < -0.4 is 16.2 Å². The number of nitrogen functional groups attached to an aromatic ring is 1. The zero-order chi connectivity index (χ0) is 13.9. The van der Waals surface area contributed by atoms with Crippen molar-refractivity contribution in [3.05, 3.63) is 11.4 Å². The summed E-state index contributed by atoms with van der Waals surface area (Å²) in [6.45, 7) is 11.6. The fourth-order valence-electron chi connectivity index (χ4n) is 2.01. The van der Waals surface area contributed by atoms with Crippen LogP contribution in [-0.2, 0) is 6.42 Å². The Bertz CT molecular complexity index is 409. The lowest BCUT2D eigenvalue weighted by molar-refractivity contribution is 0.417. The number of hydrogen-bond acceptors (Lipinski definition) is 5. The summed E-state index contributed by atoms with van der Waals surface area (Å²) in [7, 11) is 2.06. The Kier molecular flexibility index (Phi) is 4.51. The highest BCUT2D eigenvalue weighted by Crippen LogP contribution is 2.25. The molecule has 1 rings (SSSR count). The molecule has 0 aromatic carbocycles. The number of nitrogens with one attached hydrogen (secondary N) is 1. The summed E-state index contributed by atoms with van der Waals surface area (Å²) < 4.78 is 0. The minimum Gasteiger partial charge on any atom is -0.359 e. The molecule has 0 amide bonds. The molecule has 102 valence electrons. The first-order valence-corrected chi connectivity index (χ1v) is 6.33. The van der Waals surface area contributed by atoms with Crippen LogP contribution >= 0.6 is 0 Å². The lowest BCUT2D eigenvalue weighted by Crippen LogP contribution is -2.31. The van der Waals surface area contributed by atoms with Gasteiger partial charge in [0.1, 0.15) is 17.5 Å². The Morgan fingerprint density at radius 3 is 2.33 bits per heavy atom. The van der Waals surface area contributed by atoms with E-state index >= 15 is 0 Å². The van der Waals surface area contributed by atoms with E-state index in [1.165, 1.54) is 0 Å². The van der Waals surface area contributed by atoms with Gasteiger partial charge in [-0.3, -0.25) is 0 Å². The first-order chi connectivity index (χ1) is 8.28. The number of hydrazine groups is 1. The first kappa shape index (κ1) is 14.7. The van der Waals surface area contributed by atoms with Crippen molar-refractivity contribution < 1.29 is 0 Å². The van der Waals surface area contributed by atoms with E-state index in [2.05, 4.69) is 48.1 Å². The molecule has 0 unspecified atom stereocenters. The van der Waals surface area contributed by atoms with E-state index in [1.807, 2.05) is 13.8 Å². The maximum atomic E-state index is 5.51. The van der Waals surface area contributed by atoms with Crippen molar-refractivity contribution in [2.24, 2.45) is 11.3 Å². The number of aromatic nitrogens is 2. The van der Waals surface area contributed by atoms with Gasteiger partial charge < -0.3 is 10.3 Å². The molecule has 1 heterocycles. The molecule has 3 N–H and O–H groups in total. The van der Waals surface area contributed by atoms with Crippen molar-refractivity contribution >= 4 is 11.6 Å². The molecule has 0 saturated heterocycles. The Morgan fingerprint density at radius 2 is 1.89 bits per heavy atom. The van der Waals surface area contributed by atoms with Crippen molar-refractivity contribution in [1.82, 2.24) is 9.97 Å². The number of hydrogen-bond donors (Lipinski definition) is 2. The Labute approximate surface area is 110 Å². The lowest BCUT2D eigenvalue weighted by Gasteiger charge is -2.29. The third-order valence-electron chi connectivity index (χ3n) is 2.69. The third-order valence-corrected chi connectivity index (χ3v) is 2.69. The molecular weight excluding hydrogens is 226 g/mol. The van der Waals surface area contributed by atoms with Gasteiger partial charge in [0.15, 0.2) is 0 Å². The van der Waals surface area contributed by atoms with Crippen molar-refractivity contribution in [3.63, 3.8) is 0 Å². The highest BCUT2D eigenvalue weighted by molar-refractivity contribution is 5.57. The largest absolute Gasteiger partial charge is 0.359 e. The topological polar surface area (TPSA) is 67.1 Å². The van der Waals surface area contributed by atoms with Crippen LogP contribution in [0.3, 0.4) is 0 Å². The maximum absolute atomic E-state index is 5.51. The van der Waals surface area contributed by atoms with Gasteiger partial charge in [0.05, 0.1) is 0 Å². The van der Waals surface area contributed by atoms with Gasteiger partial charge in [0.25, 0.3) is 0 Å². The SMILES string of the molecule is CCc1nc(NN)c(C)c(N(C)CC(C)(C)C)n1. The summed E-state index contributed by atoms with van der Waals surface area (Å²) in [4.78, 5) is 11.1. The molecule has 0 aliphatic carbocycles. The summed E-state index contributed by atoms with van der Waals surface area (Å²) in [5.74, 6) is 7.98. The number of aryl methyl sites for hydroxylation is 1. The predicted octanol–water partition coefficient (Wildman–Crippen LogP) is 2.12. The van der Waals surface area contributed by atoms with Gasteiger partial charge >= 0.3 is 0 Å². The predicted molar refractivity (Wildman–Crippen MR) is 76.7 cm³/mol. The zero-order valence-corrected chi connectivity index (χ0v) is 12.3. The van der Waals surface area contributed by atoms with Gasteiger partial charge in [-0.15, -0.1) is 0 Å². The molecule has 5 nitrogen and oxygen atoms in total. The van der Waals surface area contributed by atoms with E-state index in [-0.39, 0.29) is 5.41 Å². The molecule has 0 atom stereocenters. The minimum atomic E-state index is 0.217. The van der Waals surface area contributed by atoms with Gasteiger partial charge in [0.2, 0.25) is 0 Å². The van der Waals surface area contributed by atoms with Crippen LogP contribution in [0.5, 0.6) is 0 Å². The Balaban J connectivity index is 3.14. The van der Waals surface area contributed by atoms with E-state index in [9.17, 15) is 0 Å². The molecule has 0 aliphatic rings.